The summed E-state index contributed by atoms with van der Waals surface area (Å²) < 4.78 is 4.86. The highest BCUT2D eigenvalue weighted by Crippen LogP contribution is 2.26. The van der Waals surface area contributed by atoms with E-state index in [-0.39, 0.29) is 12.4 Å². The molecule has 1 rings (SSSR count). The molecule has 0 aliphatic rings. The van der Waals surface area contributed by atoms with Gasteiger partial charge in [-0.3, -0.25) is 4.79 Å². The van der Waals surface area contributed by atoms with Crippen molar-refractivity contribution in [3.05, 3.63) is 28.3 Å². The van der Waals surface area contributed by atoms with Gasteiger partial charge in [0.05, 0.1) is 23.7 Å². The lowest BCUT2D eigenvalue weighted by Crippen LogP contribution is -2.09. The van der Waals surface area contributed by atoms with Gasteiger partial charge in [-0.15, -0.1) is 0 Å². The molecule has 0 bridgehead atoms. The minimum absolute atomic E-state index is 0.236. The minimum atomic E-state index is -0.249. The van der Waals surface area contributed by atoms with Crippen molar-refractivity contribution >= 4 is 23.3 Å². The van der Waals surface area contributed by atoms with E-state index in [9.17, 15) is 4.79 Å². The molecule has 0 amide bonds. The van der Waals surface area contributed by atoms with E-state index in [0.717, 1.165) is 11.1 Å². The van der Waals surface area contributed by atoms with Crippen molar-refractivity contribution in [1.29, 1.82) is 0 Å². The summed E-state index contributed by atoms with van der Waals surface area (Å²) in [6, 6.07) is 3.50. The van der Waals surface area contributed by atoms with Crippen LogP contribution in [0.25, 0.3) is 0 Å². The molecule has 0 aliphatic heterocycles. The van der Waals surface area contributed by atoms with Gasteiger partial charge in [0.25, 0.3) is 0 Å². The van der Waals surface area contributed by atoms with Crippen LogP contribution in [0.4, 0.5) is 5.69 Å². The number of carbonyl (C=O) groups excluding carboxylic acids is 1. The Labute approximate surface area is 94.2 Å². The third-order valence-corrected chi connectivity index (χ3v) is 2.67. The molecular formula is C11H14ClNO2. The average Bonchev–Trinajstić information content (AvgIpc) is 2.20. The first-order chi connectivity index (χ1) is 7.06. The van der Waals surface area contributed by atoms with Gasteiger partial charge >= 0.3 is 5.97 Å². The first-order valence-corrected chi connectivity index (χ1v) is 5.13. The largest absolute Gasteiger partial charge is 0.466 e. The van der Waals surface area contributed by atoms with Gasteiger partial charge in [-0.2, -0.15) is 0 Å². The fourth-order valence-corrected chi connectivity index (χ4v) is 1.49. The molecule has 0 aromatic heterocycles. The number of hydrogen-bond donors (Lipinski definition) is 1. The molecule has 0 atom stereocenters. The van der Waals surface area contributed by atoms with E-state index in [1.807, 2.05) is 6.92 Å². The highest BCUT2D eigenvalue weighted by molar-refractivity contribution is 6.33. The highest BCUT2D eigenvalue weighted by atomic mass is 35.5. The Kier molecular flexibility index (Phi) is 3.97. The lowest BCUT2D eigenvalue weighted by Gasteiger charge is -2.08. The standard InChI is InChI=1S/C11H14ClNO2/c1-3-15-10(14)6-8-4-5-9(13)11(12)7(8)2/h4-5H,3,6,13H2,1-2H3. The van der Waals surface area contributed by atoms with Crippen molar-refractivity contribution in [3.63, 3.8) is 0 Å². The summed E-state index contributed by atoms with van der Waals surface area (Å²) in [5.41, 5.74) is 7.85. The Bertz CT molecular complexity index is 377. The van der Waals surface area contributed by atoms with E-state index < -0.39 is 0 Å². The highest BCUT2D eigenvalue weighted by Gasteiger charge is 2.10. The predicted octanol–water partition coefficient (Wildman–Crippen LogP) is 2.34. The van der Waals surface area contributed by atoms with Gasteiger partial charge in [0, 0.05) is 0 Å². The predicted molar refractivity (Wildman–Crippen MR) is 60.9 cm³/mol. The van der Waals surface area contributed by atoms with Crippen LogP contribution in [0.5, 0.6) is 0 Å². The van der Waals surface area contributed by atoms with E-state index in [0.29, 0.717) is 17.3 Å². The van der Waals surface area contributed by atoms with Crippen molar-refractivity contribution in [1.82, 2.24) is 0 Å². The van der Waals surface area contributed by atoms with Gasteiger partial charge in [0.2, 0.25) is 0 Å². The lowest BCUT2D eigenvalue weighted by atomic mass is 10.1. The quantitative estimate of drug-likeness (QED) is 0.637. The maximum Gasteiger partial charge on any atom is 0.310 e. The Balaban J connectivity index is 2.87. The van der Waals surface area contributed by atoms with E-state index in [4.69, 9.17) is 22.1 Å². The van der Waals surface area contributed by atoms with E-state index in [1.54, 1.807) is 19.1 Å². The number of nitrogens with two attached hydrogens (primary N) is 1. The van der Waals surface area contributed by atoms with Crippen LogP contribution in [0.15, 0.2) is 12.1 Å². The number of benzene rings is 1. The number of rotatable bonds is 3. The minimum Gasteiger partial charge on any atom is -0.466 e. The molecule has 0 fully saturated rings. The summed E-state index contributed by atoms with van der Waals surface area (Å²) >= 11 is 5.97. The van der Waals surface area contributed by atoms with E-state index >= 15 is 0 Å². The monoisotopic (exact) mass is 227 g/mol. The second-order valence-corrected chi connectivity index (χ2v) is 3.61. The molecule has 0 aliphatic carbocycles. The van der Waals surface area contributed by atoms with Crippen LogP contribution in [0.3, 0.4) is 0 Å². The second-order valence-electron chi connectivity index (χ2n) is 3.23. The molecule has 0 spiro atoms. The summed E-state index contributed by atoms with van der Waals surface area (Å²) in [6.07, 6.45) is 0.236. The average molecular weight is 228 g/mol. The van der Waals surface area contributed by atoms with Crippen molar-refractivity contribution < 1.29 is 9.53 Å². The third-order valence-electron chi connectivity index (χ3n) is 2.17. The van der Waals surface area contributed by atoms with Crippen LogP contribution in [-0.2, 0) is 16.0 Å². The van der Waals surface area contributed by atoms with Gasteiger partial charge in [-0.05, 0) is 31.0 Å². The molecule has 15 heavy (non-hydrogen) atoms. The molecule has 1 aromatic rings. The number of nitrogen functional groups attached to an aromatic ring is 1. The lowest BCUT2D eigenvalue weighted by molar-refractivity contribution is -0.142. The Hall–Kier alpha value is -1.22. The van der Waals surface area contributed by atoms with Crippen LogP contribution in [-0.4, -0.2) is 12.6 Å². The van der Waals surface area contributed by atoms with Crippen molar-refractivity contribution in [3.8, 4) is 0 Å². The van der Waals surface area contributed by atoms with E-state index in [1.165, 1.54) is 0 Å². The van der Waals surface area contributed by atoms with Gasteiger partial charge in [-0.1, -0.05) is 17.7 Å². The molecule has 1 aromatic carbocycles. The van der Waals surface area contributed by atoms with Crippen molar-refractivity contribution in [2.45, 2.75) is 20.3 Å². The van der Waals surface area contributed by atoms with E-state index in [2.05, 4.69) is 0 Å². The molecule has 0 radical (unpaired) electrons. The number of esters is 1. The molecule has 0 heterocycles. The van der Waals surface area contributed by atoms with Crippen LogP contribution in [0.1, 0.15) is 18.1 Å². The molecule has 82 valence electrons. The SMILES string of the molecule is CCOC(=O)Cc1ccc(N)c(Cl)c1C. The summed E-state index contributed by atoms with van der Waals surface area (Å²) in [4.78, 5) is 11.3. The molecule has 0 unspecified atom stereocenters. The summed E-state index contributed by atoms with van der Waals surface area (Å²) in [5, 5.41) is 0.511. The van der Waals surface area contributed by atoms with Crippen LogP contribution < -0.4 is 5.73 Å². The second kappa shape index (κ2) is 5.03. The number of anilines is 1. The Morgan fingerprint density at radius 2 is 2.20 bits per heavy atom. The molecule has 4 heteroatoms. The van der Waals surface area contributed by atoms with Crippen LogP contribution in [0.2, 0.25) is 5.02 Å². The third kappa shape index (κ3) is 2.86. The number of ether oxygens (including phenoxy) is 1. The smallest absolute Gasteiger partial charge is 0.310 e. The summed E-state index contributed by atoms with van der Waals surface area (Å²) in [5.74, 6) is -0.249. The Morgan fingerprint density at radius 3 is 2.80 bits per heavy atom. The normalized spacial score (nSPS) is 10.1. The van der Waals surface area contributed by atoms with Crippen LogP contribution in [0, 0.1) is 6.92 Å². The summed E-state index contributed by atoms with van der Waals surface area (Å²) in [7, 11) is 0. The Morgan fingerprint density at radius 1 is 1.53 bits per heavy atom. The molecule has 0 saturated heterocycles. The van der Waals surface area contributed by atoms with Crippen LogP contribution >= 0.6 is 11.6 Å². The topological polar surface area (TPSA) is 52.3 Å². The van der Waals surface area contributed by atoms with Gasteiger partial charge in [0.1, 0.15) is 0 Å². The molecular weight excluding hydrogens is 214 g/mol. The van der Waals surface area contributed by atoms with Crippen molar-refractivity contribution in [2.75, 3.05) is 12.3 Å². The maximum absolute atomic E-state index is 11.3. The number of hydrogen-bond acceptors (Lipinski definition) is 3. The fourth-order valence-electron chi connectivity index (χ4n) is 1.31. The molecule has 2 N–H and O–H groups in total. The fraction of sp³-hybridized carbons (Fsp3) is 0.364. The maximum atomic E-state index is 11.3. The number of carbonyl (C=O) groups is 1. The van der Waals surface area contributed by atoms with Gasteiger partial charge in [0.15, 0.2) is 0 Å². The first kappa shape index (κ1) is 11.9. The zero-order valence-corrected chi connectivity index (χ0v) is 9.60. The van der Waals surface area contributed by atoms with Gasteiger partial charge < -0.3 is 10.5 Å². The number of halogens is 1. The summed E-state index contributed by atoms with van der Waals surface area (Å²) in [6.45, 7) is 4.01. The molecule has 3 nitrogen and oxygen atoms in total. The first-order valence-electron chi connectivity index (χ1n) is 4.75. The molecule has 0 saturated carbocycles. The van der Waals surface area contributed by atoms with Gasteiger partial charge in [-0.25, -0.2) is 0 Å². The van der Waals surface area contributed by atoms with Crippen molar-refractivity contribution in [2.24, 2.45) is 0 Å². The zero-order valence-electron chi connectivity index (χ0n) is 8.84. The zero-order chi connectivity index (χ0) is 11.4.